The molecule has 0 aromatic heterocycles. The molecule has 1 fully saturated rings. The van der Waals surface area contributed by atoms with Gasteiger partial charge in [-0.1, -0.05) is 63.1 Å². The molecule has 4 aromatic rings. The highest BCUT2D eigenvalue weighted by molar-refractivity contribution is 6.09. The average Bonchev–Trinajstić information content (AvgIpc) is 3.70. The minimum Gasteiger partial charge on any atom is -0.506 e. The summed E-state index contributed by atoms with van der Waals surface area (Å²) in [5, 5.41) is 28.3. The Balaban J connectivity index is 1.05. The maximum absolute atomic E-state index is 13.3. The quantitative estimate of drug-likeness (QED) is 0.141. The number of anilines is 2. The van der Waals surface area contributed by atoms with Crippen molar-refractivity contribution in [2.75, 3.05) is 10.6 Å². The average molecular weight is 669 g/mol. The van der Waals surface area contributed by atoms with E-state index in [0.29, 0.717) is 23.0 Å². The molecule has 0 unspecified atom stereocenters. The lowest BCUT2D eigenvalue weighted by Gasteiger charge is -2.25. The minimum absolute atomic E-state index is 0.111. The second-order valence-corrected chi connectivity index (χ2v) is 14.0. The van der Waals surface area contributed by atoms with Crippen molar-refractivity contribution in [3.8, 4) is 11.5 Å². The maximum atomic E-state index is 13.3. The summed E-state index contributed by atoms with van der Waals surface area (Å²) in [6, 6.07) is 22.0. The van der Waals surface area contributed by atoms with Crippen LogP contribution in [0.25, 0.3) is 0 Å². The van der Waals surface area contributed by atoms with Crippen LogP contribution >= 0.6 is 0 Å². The third-order valence-electron chi connectivity index (χ3n) is 10.7. The van der Waals surface area contributed by atoms with E-state index in [1.165, 1.54) is 22.3 Å². The zero-order chi connectivity index (χ0) is 34.8. The van der Waals surface area contributed by atoms with Gasteiger partial charge in [0.15, 0.2) is 0 Å². The Kier molecular flexibility index (Phi) is 9.52. The Morgan fingerprint density at radius 2 is 1.04 bits per heavy atom. The van der Waals surface area contributed by atoms with Crippen molar-refractivity contribution < 1.29 is 19.8 Å². The SMILES string of the molecule is C[C@H]1CCc2cccc(NC(=O)c3cccc(C=N[C@@H]4CCCC[C@H]4N=Cc4cccc(C(=O)Nc5cccc6c5[C@@H](C)CC6)c4O)c3O)c21. The van der Waals surface area contributed by atoms with Crippen LogP contribution in [0.15, 0.2) is 82.8 Å². The number of amides is 2. The van der Waals surface area contributed by atoms with E-state index >= 15 is 0 Å². The lowest BCUT2D eigenvalue weighted by molar-refractivity contribution is 0.101. The van der Waals surface area contributed by atoms with Crippen LogP contribution in [0.2, 0.25) is 0 Å². The predicted molar refractivity (Wildman–Crippen MR) is 200 cm³/mol. The number of aliphatic imine (C=N–C) groups is 2. The van der Waals surface area contributed by atoms with Crippen molar-refractivity contribution in [1.82, 2.24) is 0 Å². The summed E-state index contributed by atoms with van der Waals surface area (Å²) in [5.74, 6) is -0.195. The standard InChI is InChI=1S/C42H44N4O4/c1-25-19-21-27-9-7-17-35(37(25)27)45-41(49)31-13-5-11-29(39(31)47)23-43-33-15-3-4-16-34(33)44-24-30-12-6-14-32(40(30)48)42(50)46-36-18-8-10-28-22-20-26(2)38(28)36/h5-14,17-18,23-26,33-34,47-48H,3-4,15-16,19-22H2,1-2H3,(H,45,49)(H,46,50)/t25-,26-,33+,34+/m0/s1. The molecule has 4 N–H and O–H groups in total. The predicted octanol–water partition coefficient (Wildman–Crippen LogP) is 8.55. The van der Waals surface area contributed by atoms with Crippen LogP contribution in [-0.2, 0) is 12.8 Å². The number of fused-ring (bicyclic) bond motifs is 2. The van der Waals surface area contributed by atoms with Crippen LogP contribution in [0.1, 0.15) is 118 Å². The minimum atomic E-state index is -0.358. The molecule has 1 saturated carbocycles. The van der Waals surface area contributed by atoms with Gasteiger partial charge in [0.1, 0.15) is 11.5 Å². The van der Waals surface area contributed by atoms with Crippen molar-refractivity contribution in [2.24, 2.45) is 9.98 Å². The molecule has 50 heavy (non-hydrogen) atoms. The lowest BCUT2D eigenvalue weighted by Crippen LogP contribution is -2.27. The summed E-state index contributed by atoms with van der Waals surface area (Å²) in [4.78, 5) is 36.4. The van der Waals surface area contributed by atoms with Gasteiger partial charge in [0, 0.05) is 34.9 Å². The first-order chi connectivity index (χ1) is 24.3. The molecule has 0 bridgehead atoms. The van der Waals surface area contributed by atoms with E-state index in [-0.39, 0.29) is 46.5 Å². The number of hydrogen-bond acceptors (Lipinski definition) is 6. The highest BCUT2D eigenvalue weighted by atomic mass is 16.3. The third kappa shape index (κ3) is 6.67. The fraction of sp³-hybridized carbons (Fsp3) is 0.333. The van der Waals surface area contributed by atoms with Crippen molar-refractivity contribution in [1.29, 1.82) is 0 Å². The van der Waals surface area contributed by atoms with Gasteiger partial charge in [0.2, 0.25) is 0 Å². The Bertz CT molecular complexity index is 1860. The second kappa shape index (κ2) is 14.3. The first-order valence-corrected chi connectivity index (χ1v) is 17.8. The van der Waals surface area contributed by atoms with Crippen LogP contribution < -0.4 is 10.6 Å². The molecular weight excluding hydrogens is 624 g/mol. The molecule has 256 valence electrons. The summed E-state index contributed by atoms with van der Waals surface area (Å²) in [6.45, 7) is 4.35. The van der Waals surface area contributed by atoms with E-state index < -0.39 is 0 Å². The normalized spacial score (nSPS) is 21.3. The zero-order valence-electron chi connectivity index (χ0n) is 28.7. The molecule has 0 spiro atoms. The third-order valence-corrected chi connectivity index (χ3v) is 10.7. The van der Waals surface area contributed by atoms with Crippen LogP contribution in [0, 0.1) is 0 Å². The fourth-order valence-corrected chi connectivity index (χ4v) is 7.95. The van der Waals surface area contributed by atoms with Gasteiger partial charge in [0.25, 0.3) is 11.8 Å². The number of aryl methyl sites for hydroxylation is 2. The van der Waals surface area contributed by atoms with Crippen molar-refractivity contribution in [3.05, 3.63) is 117 Å². The number of nitrogens with one attached hydrogen (secondary N) is 2. The van der Waals surface area contributed by atoms with E-state index in [4.69, 9.17) is 9.98 Å². The molecule has 2 amide bonds. The van der Waals surface area contributed by atoms with E-state index in [1.54, 1.807) is 48.8 Å². The topological polar surface area (TPSA) is 123 Å². The summed E-state index contributed by atoms with van der Waals surface area (Å²) in [5.41, 5.74) is 7.79. The van der Waals surface area contributed by atoms with Gasteiger partial charge in [-0.05, 0) is 109 Å². The van der Waals surface area contributed by atoms with Gasteiger partial charge in [-0.25, -0.2) is 0 Å². The number of carbonyl (C=O) groups is 2. The summed E-state index contributed by atoms with van der Waals surface area (Å²) >= 11 is 0. The number of para-hydroxylation sites is 2. The molecule has 0 heterocycles. The smallest absolute Gasteiger partial charge is 0.259 e. The largest absolute Gasteiger partial charge is 0.506 e. The molecule has 4 atom stereocenters. The van der Waals surface area contributed by atoms with Gasteiger partial charge in [-0.2, -0.15) is 0 Å². The molecule has 8 heteroatoms. The van der Waals surface area contributed by atoms with Gasteiger partial charge >= 0.3 is 0 Å². The van der Waals surface area contributed by atoms with Crippen LogP contribution in [0.3, 0.4) is 0 Å². The molecule has 0 saturated heterocycles. The molecule has 3 aliphatic rings. The molecular formula is C42H44N4O4. The van der Waals surface area contributed by atoms with E-state index in [2.05, 4.69) is 36.6 Å². The second-order valence-electron chi connectivity index (χ2n) is 14.0. The van der Waals surface area contributed by atoms with Gasteiger partial charge in [-0.3, -0.25) is 19.6 Å². The number of benzene rings is 4. The zero-order valence-corrected chi connectivity index (χ0v) is 28.7. The lowest BCUT2D eigenvalue weighted by atomic mass is 9.91. The number of rotatable bonds is 8. The van der Waals surface area contributed by atoms with Gasteiger partial charge < -0.3 is 20.8 Å². The molecule has 7 rings (SSSR count). The Labute approximate surface area is 293 Å². The van der Waals surface area contributed by atoms with Gasteiger partial charge in [-0.15, -0.1) is 0 Å². The van der Waals surface area contributed by atoms with Crippen LogP contribution in [0.4, 0.5) is 11.4 Å². The van der Waals surface area contributed by atoms with Crippen LogP contribution in [-0.4, -0.2) is 46.5 Å². The summed E-state index contributed by atoms with van der Waals surface area (Å²) < 4.78 is 0. The summed E-state index contributed by atoms with van der Waals surface area (Å²) in [6.07, 6.45) is 11.1. The molecule has 0 aliphatic heterocycles. The molecule has 4 aromatic carbocycles. The highest BCUT2D eigenvalue weighted by Gasteiger charge is 2.26. The first kappa shape index (κ1) is 33.3. The Morgan fingerprint density at radius 3 is 1.48 bits per heavy atom. The van der Waals surface area contributed by atoms with Gasteiger partial charge in [0.05, 0.1) is 23.2 Å². The maximum Gasteiger partial charge on any atom is 0.259 e. The van der Waals surface area contributed by atoms with Crippen molar-refractivity contribution >= 4 is 35.6 Å². The van der Waals surface area contributed by atoms with Crippen LogP contribution in [0.5, 0.6) is 11.5 Å². The van der Waals surface area contributed by atoms with E-state index in [9.17, 15) is 19.8 Å². The summed E-state index contributed by atoms with van der Waals surface area (Å²) in [7, 11) is 0. The number of nitrogens with zero attached hydrogens (tertiary/aromatic N) is 2. The number of phenolic OH excluding ortho intramolecular Hbond substituents is 2. The monoisotopic (exact) mass is 668 g/mol. The number of hydrogen-bond donors (Lipinski definition) is 4. The Morgan fingerprint density at radius 1 is 0.620 bits per heavy atom. The number of carbonyl (C=O) groups excluding carboxylic acids is 2. The number of aromatic hydroxyl groups is 2. The Hall–Kier alpha value is -5.24. The van der Waals surface area contributed by atoms with Crippen molar-refractivity contribution in [3.63, 3.8) is 0 Å². The van der Waals surface area contributed by atoms with E-state index in [1.807, 2.05) is 24.3 Å². The number of phenols is 2. The molecule has 3 aliphatic carbocycles. The van der Waals surface area contributed by atoms with E-state index in [0.717, 1.165) is 62.7 Å². The highest BCUT2D eigenvalue weighted by Crippen LogP contribution is 2.39. The first-order valence-electron chi connectivity index (χ1n) is 17.8. The molecule has 0 radical (unpaired) electrons. The fourth-order valence-electron chi connectivity index (χ4n) is 7.95. The molecule has 8 nitrogen and oxygen atoms in total. The van der Waals surface area contributed by atoms with Crippen molar-refractivity contribution in [2.45, 2.75) is 89.1 Å².